The number of hydrogen-bond donors (Lipinski definition) is 1. The molecule has 0 amide bonds. The predicted octanol–water partition coefficient (Wildman–Crippen LogP) is 2.58. The van der Waals surface area contributed by atoms with Crippen molar-refractivity contribution in [2.75, 3.05) is 7.11 Å². The second kappa shape index (κ2) is 5.42. The third kappa shape index (κ3) is 3.49. The van der Waals surface area contributed by atoms with Crippen molar-refractivity contribution in [2.45, 2.75) is 11.7 Å². The third-order valence-corrected chi connectivity index (χ3v) is 2.32. The van der Waals surface area contributed by atoms with Gasteiger partial charge in [0.25, 0.3) is 0 Å². The molecule has 1 rings (SSSR count). The Kier molecular flexibility index (Phi) is 4.38. The summed E-state index contributed by atoms with van der Waals surface area (Å²) < 4.78 is 45.0. The minimum absolute atomic E-state index is 0.115. The van der Waals surface area contributed by atoms with Crippen molar-refractivity contribution in [1.82, 2.24) is 4.98 Å². The van der Waals surface area contributed by atoms with Gasteiger partial charge in [-0.1, -0.05) is 15.9 Å². The Balaban J connectivity index is 3.34. The van der Waals surface area contributed by atoms with Crippen LogP contribution in [0.25, 0.3) is 0 Å². The maximum absolute atomic E-state index is 12.2. The van der Waals surface area contributed by atoms with Crippen molar-refractivity contribution >= 4 is 21.9 Å². The Bertz CT molecular complexity index is 439. The summed E-state index contributed by atoms with van der Waals surface area (Å²) in [5, 5.41) is 8.64. The molecule has 1 heterocycles. The van der Waals surface area contributed by atoms with Crippen LogP contribution < -0.4 is 9.47 Å². The second-order valence-corrected chi connectivity index (χ2v) is 3.53. The number of carbonyl (C=O) groups is 1. The molecule has 0 aliphatic rings. The van der Waals surface area contributed by atoms with Crippen LogP contribution in [-0.2, 0) is 5.33 Å². The minimum Gasteiger partial charge on any atom is -0.493 e. The van der Waals surface area contributed by atoms with Gasteiger partial charge in [-0.15, -0.1) is 13.2 Å². The van der Waals surface area contributed by atoms with E-state index >= 15 is 0 Å². The Morgan fingerprint density at radius 3 is 2.56 bits per heavy atom. The number of methoxy groups -OCH3 is 1. The molecular formula is C9H7BrF3NO4. The number of carboxylic acids is 1. The minimum atomic E-state index is -4.92. The van der Waals surface area contributed by atoms with E-state index in [9.17, 15) is 18.0 Å². The number of carboxylic acid groups (broad SMARTS) is 1. The van der Waals surface area contributed by atoms with E-state index in [0.29, 0.717) is 0 Å². The number of rotatable bonds is 4. The van der Waals surface area contributed by atoms with Crippen LogP contribution in [0.3, 0.4) is 0 Å². The van der Waals surface area contributed by atoms with E-state index in [0.717, 1.165) is 13.2 Å². The molecule has 0 spiro atoms. The van der Waals surface area contributed by atoms with Gasteiger partial charge < -0.3 is 14.6 Å². The molecule has 0 aromatic carbocycles. The number of hydrogen-bond acceptors (Lipinski definition) is 4. The molecule has 1 N–H and O–H groups in total. The lowest BCUT2D eigenvalue weighted by atomic mass is 10.2. The average Bonchev–Trinajstić information content (AvgIpc) is 2.26. The Morgan fingerprint density at radius 2 is 2.17 bits per heavy atom. The monoisotopic (exact) mass is 329 g/mol. The first-order valence-corrected chi connectivity index (χ1v) is 5.53. The van der Waals surface area contributed by atoms with Gasteiger partial charge in [0.1, 0.15) is 0 Å². The molecule has 0 radical (unpaired) electrons. The molecule has 1 aromatic rings. The van der Waals surface area contributed by atoms with E-state index in [1.165, 1.54) is 0 Å². The maximum atomic E-state index is 12.2. The molecule has 0 aliphatic carbocycles. The van der Waals surface area contributed by atoms with Crippen LogP contribution in [0.4, 0.5) is 13.2 Å². The molecule has 1 aromatic heterocycles. The number of halogens is 4. The first-order chi connectivity index (χ1) is 8.28. The van der Waals surface area contributed by atoms with Gasteiger partial charge in [0.05, 0.1) is 12.8 Å². The number of ether oxygens (including phenoxy) is 2. The van der Waals surface area contributed by atoms with Gasteiger partial charge in [-0.3, -0.25) is 0 Å². The van der Waals surface area contributed by atoms with Gasteiger partial charge in [0.15, 0.2) is 17.2 Å². The lowest BCUT2D eigenvalue weighted by Crippen LogP contribution is -2.19. The van der Waals surface area contributed by atoms with Crippen LogP contribution in [0.1, 0.15) is 16.2 Å². The zero-order valence-corrected chi connectivity index (χ0v) is 10.5. The van der Waals surface area contributed by atoms with E-state index in [4.69, 9.17) is 5.11 Å². The van der Waals surface area contributed by atoms with Gasteiger partial charge in [-0.05, 0) is 0 Å². The van der Waals surface area contributed by atoms with Crippen molar-refractivity contribution in [3.05, 3.63) is 17.5 Å². The molecule has 0 fully saturated rings. The largest absolute Gasteiger partial charge is 0.573 e. The van der Waals surface area contributed by atoms with Crippen LogP contribution in [-0.4, -0.2) is 29.5 Å². The van der Waals surface area contributed by atoms with Gasteiger partial charge in [-0.25, -0.2) is 9.78 Å². The molecule has 0 atom stereocenters. The number of alkyl halides is 4. The van der Waals surface area contributed by atoms with E-state index in [1.807, 2.05) is 0 Å². The summed E-state index contributed by atoms with van der Waals surface area (Å²) in [6, 6.07) is 0.857. The lowest BCUT2D eigenvalue weighted by molar-refractivity contribution is -0.275. The molecule has 100 valence electrons. The summed E-state index contributed by atoms with van der Waals surface area (Å²) in [5.41, 5.74) is -0.653. The summed E-state index contributed by atoms with van der Waals surface area (Å²) >= 11 is 2.90. The number of pyridine rings is 1. The molecular weight excluding hydrogens is 323 g/mol. The number of aromatic nitrogens is 1. The van der Waals surface area contributed by atoms with E-state index in [2.05, 4.69) is 30.4 Å². The summed E-state index contributed by atoms with van der Waals surface area (Å²) in [5.74, 6) is -2.39. The van der Waals surface area contributed by atoms with Crippen molar-refractivity contribution < 1.29 is 32.5 Å². The Morgan fingerprint density at radius 1 is 1.56 bits per heavy atom. The van der Waals surface area contributed by atoms with Crippen molar-refractivity contribution in [3.63, 3.8) is 0 Å². The highest BCUT2D eigenvalue weighted by Crippen LogP contribution is 2.36. The normalized spacial score (nSPS) is 11.2. The first-order valence-electron chi connectivity index (χ1n) is 4.41. The van der Waals surface area contributed by atoms with E-state index in [-0.39, 0.29) is 16.8 Å². The van der Waals surface area contributed by atoms with Crippen LogP contribution >= 0.6 is 15.9 Å². The van der Waals surface area contributed by atoms with Crippen LogP contribution in [0.15, 0.2) is 6.07 Å². The smallest absolute Gasteiger partial charge is 0.493 e. The van der Waals surface area contributed by atoms with Gasteiger partial charge in [0.2, 0.25) is 0 Å². The highest BCUT2D eigenvalue weighted by atomic mass is 79.9. The molecule has 5 nitrogen and oxygen atoms in total. The summed E-state index contributed by atoms with van der Waals surface area (Å²) in [7, 11) is 1.10. The lowest BCUT2D eigenvalue weighted by Gasteiger charge is -2.15. The van der Waals surface area contributed by atoms with Crippen molar-refractivity contribution in [1.29, 1.82) is 0 Å². The average molecular weight is 330 g/mol. The molecule has 0 saturated carbocycles. The molecule has 0 bridgehead atoms. The Labute approximate surface area is 108 Å². The zero-order valence-electron chi connectivity index (χ0n) is 8.92. The fourth-order valence-corrected chi connectivity index (χ4v) is 1.52. The summed E-state index contributed by atoms with van der Waals surface area (Å²) in [6.07, 6.45) is -4.92. The molecule has 0 saturated heterocycles. The topological polar surface area (TPSA) is 68.7 Å². The Hall–Kier alpha value is -1.51. The summed E-state index contributed by atoms with van der Waals surface area (Å²) in [6.45, 7) is 0. The maximum Gasteiger partial charge on any atom is 0.573 e. The van der Waals surface area contributed by atoms with Crippen LogP contribution in [0.2, 0.25) is 0 Å². The van der Waals surface area contributed by atoms with E-state index < -0.39 is 23.8 Å². The van der Waals surface area contributed by atoms with Crippen LogP contribution in [0.5, 0.6) is 11.5 Å². The first kappa shape index (κ1) is 14.6. The number of aromatic carboxylic acids is 1. The molecule has 9 heteroatoms. The van der Waals surface area contributed by atoms with Crippen molar-refractivity contribution in [3.8, 4) is 11.5 Å². The number of nitrogens with zero attached hydrogens (tertiary/aromatic N) is 1. The molecule has 0 aliphatic heterocycles. The SMILES string of the molecule is COc1cc(C(=O)O)nc(CBr)c1OC(F)(F)F. The van der Waals surface area contributed by atoms with Gasteiger partial charge in [-0.2, -0.15) is 0 Å². The quantitative estimate of drug-likeness (QED) is 0.860. The van der Waals surface area contributed by atoms with Crippen LogP contribution in [0, 0.1) is 0 Å². The molecule has 0 unspecified atom stereocenters. The van der Waals surface area contributed by atoms with Gasteiger partial charge >= 0.3 is 12.3 Å². The highest BCUT2D eigenvalue weighted by molar-refractivity contribution is 9.08. The predicted molar refractivity (Wildman–Crippen MR) is 57.1 cm³/mol. The van der Waals surface area contributed by atoms with Gasteiger partial charge in [0, 0.05) is 11.4 Å². The fourth-order valence-electron chi connectivity index (χ4n) is 1.14. The second-order valence-electron chi connectivity index (χ2n) is 2.97. The van der Waals surface area contributed by atoms with E-state index in [1.54, 1.807) is 0 Å². The summed E-state index contributed by atoms with van der Waals surface area (Å²) in [4.78, 5) is 14.3. The van der Waals surface area contributed by atoms with Crippen molar-refractivity contribution in [2.24, 2.45) is 0 Å². The fraction of sp³-hybridized carbons (Fsp3) is 0.333. The third-order valence-electron chi connectivity index (χ3n) is 1.79. The zero-order chi connectivity index (χ0) is 13.9. The standard InChI is InChI=1S/C9H7BrF3NO4/c1-17-6-2-4(8(15)16)14-5(3-10)7(6)18-9(11,12)13/h2H,3H2,1H3,(H,15,16). The highest BCUT2D eigenvalue weighted by Gasteiger charge is 2.34. The molecule has 18 heavy (non-hydrogen) atoms.